The quantitative estimate of drug-likeness (QED) is 0.783. The number of aromatic nitrogens is 1. The van der Waals surface area contributed by atoms with Crippen molar-refractivity contribution < 1.29 is 33.9 Å². The van der Waals surface area contributed by atoms with Gasteiger partial charge >= 0.3 is 19.2 Å². The fourth-order valence-electron chi connectivity index (χ4n) is 2.63. The lowest BCUT2D eigenvalue weighted by Gasteiger charge is -2.13. The minimum Gasteiger partial charge on any atom is -0.481 e. The number of benzene rings is 1. The van der Waals surface area contributed by atoms with Crippen molar-refractivity contribution in [3.8, 4) is 11.6 Å². The number of hydrogen-bond acceptors (Lipinski definition) is 7. The normalized spacial score (nSPS) is 14.8. The van der Waals surface area contributed by atoms with Gasteiger partial charge in [0.25, 0.3) is 0 Å². The van der Waals surface area contributed by atoms with Crippen molar-refractivity contribution in [3.05, 3.63) is 47.7 Å². The smallest absolute Gasteiger partial charge is 0.481 e. The summed E-state index contributed by atoms with van der Waals surface area (Å²) in [6.07, 6.45) is 1.04. The van der Waals surface area contributed by atoms with Gasteiger partial charge in [-0.1, -0.05) is 6.07 Å². The molecule has 0 saturated carbocycles. The number of carbonyl (C=O) groups is 1. The van der Waals surface area contributed by atoms with E-state index in [0.717, 1.165) is 5.56 Å². The Morgan fingerprint density at radius 3 is 2.72 bits per heavy atom. The topological polar surface area (TPSA) is 123 Å². The summed E-state index contributed by atoms with van der Waals surface area (Å²) >= 11 is 0. The molecule has 1 atom stereocenters. The monoisotopic (exact) mass is 343 g/mol. The third-order valence-electron chi connectivity index (χ3n) is 3.49. The molecule has 0 saturated heterocycles. The van der Waals surface area contributed by atoms with E-state index in [1.54, 1.807) is 30.5 Å². The lowest BCUT2D eigenvalue weighted by molar-refractivity contribution is -0.191. The van der Waals surface area contributed by atoms with E-state index in [1.807, 2.05) is 13.0 Å². The fraction of sp³-hybridized carbons (Fsp3) is 0.188. The molecule has 1 aliphatic rings. The van der Waals surface area contributed by atoms with Crippen molar-refractivity contribution in [3.63, 3.8) is 0 Å². The zero-order chi connectivity index (χ0) is 18.4. The summed E-state index contributed by atoms with van der Waals surface area (Å²) in [6, 6.07) is 8.76. The fourth-order valence-corrected chi connectivity index (χ4v) is 2.63. The number of carboxylic acids is 1. The van der Waals surface area contributed by atoms with Crippen LogP contribution in [0.1, 0.15) is 23.7 Å². The van der Waals surface area contributed by atoms with E-state index < -0.39 is 19.2 Å². The largest absolute Gasteiger partial charge is 0.492 e. The van der Waals surface area contributed by atoms with Gasteiger partial charge in [-0.05, 0) is 41.7 Å². The van der Waals surface area contributed by atoms with Gasteiger partial charge in [0.15, 0.2) is 0 Å². The number of carbonyl (C=O) groups excluding carboxylic acids is 2. The number of hydrogen-bond donors (Lipinski definition) is 2. The van der Waals surface area contributed by atoms with Crippen molar-refractivity contribution in [2.75, 3.05) is 0 Å². The maximum absolute atomic E-state index is 10.9. The molecule has 0 aliphatic carbocycles. The van der Waals surface area contributed by atoms with Crippen LogP contribution in [0.5, 0.6) is 11.6 Å². The standard InChI is InChI=1S/C15H14BNO5.CO2/c1-9-6-10(21-13-4-2-3-5-17-13)7-11-15(9)12(8-14(18)19)22-16(11)20;2-1-3/h2-7,12,20H,8H2,1H3,(H,18,19);. The summed E-state index contributed by atoms with van der Waals surface area (Å²) in [5, 5.41) is 18.9. The molecule has 25 heavy (non-hydrogen) atoms. The number of ether oxygens (including phenoxy) is 1. The lowest BCUT2D eigenvalue weighted by atomic mass is 9.77. The van der Waals surface area contributed by atoms with E-state index in [1.165, 1.54) is 0 Å². The summed E-state index contributed by atoms with van der Waals surface area (Å²) < 4.78 is 11.0. The van der Waals surface area contributed by atoms with Gasteiger partial charge < -0.3 is 19.5 Å². The molecule has 1 aliphatic heterocycles. The Balaban J connectivity index is 0.000000701. The van der Waals surface area contributed by atoms with Crippen molar-refractivity contribution >= 4 is 24.7 Å². The first kappa shape index (κ1) is 18.3. The van der Waals surface area contributed by atoms with E-state index in [9.17, 15) is 9.82 Å². The predicted molar refractivity (Wildman–Crippen MR) is 84.2 cm³/mol. The van der Waals surface area contributed by atoms with Gasteiger partial charge in [-0.2, -0.15) is 9.59 Å². The molecule has 2 aromatic rings. The average molecular weight is 343 g/mol. The lowest BCUT2D eigenvalue weighted by Crippen LogP contribution is -2.28. The summed E-state index contributed by atoms with van der Waals surface area (Å²) in [5.41, 5.74) is 2.06. The molecule has 9 heteroatoms. The van der Waals surface area contributed by atoms with Gasteiger partial charge in [-0.3, -0.25) is 4.79 Å². The highest BCUT2D eigenvalue weighted by Crippen LogP contribution is 2.32. The second-order valence-corrected chi connectivity index (χ2v) is 5.17. The molecule has 0 bridgehead atoms. The zero-order valence-corrected chi connectivity index (χ0v) is 13.2. The van der Waals surface area contributed by atoms with Crippen LogP contribution in [0.4, 0.5) is 0 Å². The van der Waals surface area contributed by atoms with Crippen LogP contribution >= 0.6 is 0 Å². The maximum atomic E-state index is 10.9. The SMILES string of the molecule is Cc1cc(Oc2ccccn2)cc2c1C(CC(=O)O)OB2O.O=C=O. The molecule has 128 valence electrons. The third-order valence-corrected chi connectivity index (χ3v) is 3.49. The number of aliphatic carboxylic acids is 1. The highest BCUT2D eigenvalue weighted by molar-refractivity contribution is 6.62. The maximum Gasteiger partial charge on any atom is 0.492 e. The van der Waals surface area contributed by atoms with Crippen LogP contribution in [0, 0.1) is 6.92 Å². The van der Waals surface area contributed by atoms with Crippen LogP contribution in [0.25, 0.3) is 0 Å². The molecule has 8 nitrogen and oxygen atoms in total. The number of nitrogens with zero attached hydrogens (tertiary/aromatic N) is 1. The molecule has 2 N–H and O–H groups in total. The Hall–Kier alpha value is -3.00. The number of rotatable bonds is 4. The second-order valence-electron chi connectivity index (χ2n) is 5.17. The van der Waals surface area contributed by atoms with Crippen molar-refractivity contribution in [2.45, 2.75) is 19.4 Å². The summed E-state index contributed by atoms with van der Waals surface area (Å²) in [7, 11) is -1.15. The van der Waals surface area contributed by atoms with Crippen LogP contribution in [-0.4, -0.2) is 34.4 Å². The van der Waals surface area contributed by atoms with E-state index in [-0.39, 0.29) is 12.6 Å². The van der Waals surface area contributed by atoms with Gasteiger partial charge in [-0.15, -0.1) is 0 Å². The predicted octanol–water partition coefficient (Wildman–Crippen LogP) is 0.832. The molecule has 2 heterocycles. The molecule has 1 unspecified atom stereocenters. The van der Waals surface area contributed by atoms with Crippen LogP contribution in [-0.2, 0) is 19.0 Å². The Bertz CT molecular complexity index is 791. The van der Waals surface area contributed by atoms with Crippen LogP contribution in [0.2, 0.25) is 0 Å². The first-order chi connectivity index (χ1) is 12.0. The molecule has 0 radical (unpaired) electrons. The Kier molecular flexibility index (Phi) is 6.02. The van der Waals surface area contributed by atoms with E-state index in [2.05, 4.69) is 4.98 Å². The minimum atomic E-state index is -1.15. The zero-order valence-electron chi connectivity index (χ0n) is 13.2. The van der Waals surface area contributed by atoms with E-state index in [4.69, 9.17) is 24.1 Å². The molecule has 0 fully saturated rings. The van der Waals surface area contributed by atoms with E-state index in [0.29, 0.717) is 22.7 Å². The third kappa shape index (κ3) is 4.51. The minimum absolute atomic E-state index is 0.189. The average Bonchev–Trinajstić information content (AvgIpc) is 2.85. The highest BCUT2D eigenvalue weighted by Gasteiger charge is 2.37. The van der Waals surface area contributed by atoms with Gasteiger partial charge in [0.1, 0.15) is 5.75 Å². The number of aryl methyl sites for hydroxylation is 1. The molecular weight excluding hydrogens is 329 g/mol. The van der Waals surface area contributed by atoms with Gasteiger partial charge in [0.2, 0.25) is 5.88 Å². The van der Waals surface area contributed by atoms with E-state index >= 15 is 0 Å². The van der Waals surface area contributed by atoms with Gasteiger partial charge in [0.05, 0.1) is 12.5 Å². The Morgan fingerprint density at radius 2 is 2.12 bits per heavy atom. The van der Waals surface area contributed by atoms with Gasteiger partial charge in [0, 0.05) is 12.3 Å². The summed E-state index contributed by atoms with van der Waals surface area (Å²) in [6.45, 7) is 1.83. The summed E-state index contributed by atoms with van der Waals surface area (Å²) in [5.74, 6) is -0.0100. The number of pyridine rings is 1. The molecular formula is C16H14BNO7. The molecule has 3 rings (SSSR count). The van der Waals surface area contributed by atoms with Crippen LogP contribution < -0.4 is 10.2 Å². The molecule has 0 spiro atoms. The van der Waals surface area contributed by atoms with Crippen molar-refractivity contribution in [2.24, 2.45) is 0 Å². The Morgan fingerprint density at radius 1 is 1.40 bits per heavy atom. The molecule has 1 aromatic heterocycles. The molecule has 1 aromatic carbocycles. The van der Waals surface area contributed by atoms with Crippen LogP contribution in [0.15, 0.2) is 36.5 Å². The first-order valence-corrected chi connectivity index (χ1v) is 7.24. The van der Waals surface area contributed by atoms with Crippen molar-refractivity contribution in [1.29, 1.82) is 0 Å². The van der Waals surface area contributed by atoms with Crippen LogP contribution in [0.3, 0.4) is 0 Å². The van der Waals surface area contributed by atoms with Crippen molar-refractivity contribution in [1.82, 2.24) is 4.98 Å². The Labute approximate surface area is 143 Å². The summed E-state index contributed by atoms with van der Waals surface area (Å²) in [4.78, 5) is 31.2. The second kappa shape index (κ2) is 8.21. The number of carboxylic acid groups (broad SMARTS) is 1. The van der Waals surface area contributed by atoms with Gasteiger partial charge in [-0.25, -0.2) is 4.98 Å². The first-order valence-electron chi connectivity index (χ1n) is 7.24. The number of fused-ring (bicyclic) bond motifs is 1. The highest BCUT2D eigenvalue weighted by atomic mass is 16.5. The molecule has 0 amide bonds.